The van der Waals surface area contributed by atoms with E-state index < -0.39 is 20.2 Å². The maximum absolute atomic E-state index is 11.3. The molecule has 6 nitrogen and oxygen atoms in total. The minimum Gasteiger partial charge on any atom is -0.270 e. The normalized spacial score (nSPS) is 31.7. The Labute approximate surface area is 133 Å². The highest BCUT2D eigenvalue weighted by molar-refractivity contribution is 7.86. The van der Waals surface area contributed by atoms with Gasteiger partial charge >= 0.3 is 0 Å². The van der Waals surface area contributed by atoms with E-state index in [0.29, 0.717) is 0 Å². The van der Waals surface area contributed by atoms with Gasteiger partial charge in [-0.1, -0.05) is 11.1 Å². The van der Waals surface area contributed by atoms with E-state index in [1.807, 2.05) is 0 Å². The molecule has 0 unspecified atom stereocenters. The number of fused-ring (bicyclic) bond motifs is 2. The molecule has 0 amide bonds. The second-order valence-corrected chi connectivity index (χ2v) is 9.84. The Hall–Kier alpha value is -0.440. The Morgan fingerprint density at radius 2 is 1.27 bits per heavy atom. The third kappa shape index (κ3) is 4.10. The van der Waals surface area contributed by atoms with Crippen LogP contribution >= 0.6 is 0 Å². The van der Waals surface area contributed by atoms with Crippen LogP contribution in [0, 0.1) is 23.7 Å². The van der Waals surface area contributed by atoms with Crippen molar-refractivity contribution in [2.75, 3.05) is 25.7 Å². The molecule has 2 rings (SSSR count). The summed E-state index contributed by atoms with van der Waals surface area (Å²) in [5, 5.41) is 0. The number of rotatable bonds is 6. The molecular weight excluding hydrogens is 328 g/mol. The van der Waals surface area contributed by atoms with Crippen molar-refractivity contribution in [3.8, 4) is 0 Å². The van der Waals surface area contributed by atoms with Gasteiger partial charge in [0.15, 0.2) is 0 Å². The molecule has 0 aromatic rings. The molecule has 0 saturated heterocycles. The summed E-state index contributed by atoms with van der Waals surface area (Å²) in [4.78, 5) is 0. The van der Waals surface area contributed by atoms with Crippen molar-refractivity contribution in [3.05, 3.63) is 11.1 Å². The fraction of sp³-hybridized carbons (Fsp3) is 0.857. The second kappa shape index (κ2) is 6.22. The zero-order valence-corrected chi connectivity index (χ0v) is 15.0. The van der Waals surface area contributed by atoms with Crippen LogP contribution < -0.4 is 0 Å². The van der Waals surface area contributed by atoms with Crippen molar-refractivity contribution in [1.29, 1.82) is 0 Å². The molecule has 0 heterocycles. The highest BCUT2D eigenvalue weighted by Gasteiger charge is 2.51. The topological polar surface area (TPSA) is 86.7 Å². The molecule has 0 aliphatic heterocycles. The Morgan fingerprint density at radius 1 is 0.909 bits per heavy atom. The lowest BCUT2D eigenvalue weighted by atomic mass is 9.80. The fourth-order valence-electron chi connectivity index (χ4n) is 4.06. The van der Waals surface area contributed by atoms with Crippen LogP contribution in [0.25, 0.3) is 0 Å². The number of hydrogen-bond acceptors (Lipinski definition) is 6. The van der Waals surface area contributed by atoms with Crippen molar-refractivity contribution in [1.82, 2.24) is 0 Å². The lowest BCUT2D eigenvalue weighted by Gasteiger charge is -2.29. The van der Waals surface area contributed by atoms with Crippen LogP contribution in [0.1, 0.15) is 26.7 Å². The summed E-state index contributed by atoms with van der Waals surface area (Å²) < 4.78 is 55.1. The minimum absolute atomic E-state index is 0.0138. The Balaban J connectivity index is 2.21. The summed E-state index contributed by atoms with van der Waals surface area (Å²) in [5.41, 5.74) is 2.57. The monoisotopic (exact) mass is 352 g/mol. The van der Waals surface area contributed by atoms with Crippen LogP contribution in [0.15, 0.2) is 11.1 Å². The van der Waals surface area contributed by atoms with Gasteiger partial charge in [-0.05, 0) is 50.4 Å². The van der Waals surface area contributed by atoms with Gasteiger partial charge in [-0.25, -0.2) is 0 Å². The first-order chi connectivity index (χ1) is 9.99. The largest absolute Gasteiger partial charge is 0.270 e. The molecular formula is C14H24O6S2. The van der Waals surface area contributed by atoms with Gasteiger partial charge in [0, 0.05) is 0 Å². The molecule has 2 aliphatic carbocycles. The minimum atomic E-state index is -3.51. The van der Waals surface area contributed by atoms with Crippen LogP contribution in [-0.4, -0.2) is 42.6 Å². The van der Waals surface area contributed by atoms with Crippen LogP contribution in [-0.2, 0) is 28.6 Å². The van der Waals surface area contributed by atoms with E-state index in [2.05, 4.69) is 13.8 Å². The van der Waals surface area contributed by atoms with Crippen molar-refractivity contribution in [3.63, 3.8) is 0 Å². The standard InChI is InChI=1S/C14H24O6S2/c1-9(2)14-10-5-6-11(14)13(8-20-22(4,17)18)12(10)7-19-21(3,15)16/h10-13H,5-8H2,1-4H3/t10-,11-,12-,13+/m0/s1. The van der Waals surface area contributed by atoms with Crippen molar-refractivity contribution >= 4 is 20.2 Å². The van der Waals surface area contributed by atoms with E-state index in [4.69, 9.17) is 8.37 Å². The predicted octanol–water partition coefficient (Wildman–Crippen LogP) is 1.55. The van der Waals surface area contributed by atoms with Crippen LogP contribution in [0.4, 0.5) is 0 Å². The average Bonchev–Trinajstić information content (AvgIpc) is 2.87. The molecule has 128 valence electrons. The lowest BCUT2D eigenvalue weighted by Crippen LogP contribution is -2.31. The van der Waals surface area contributed by atoms with E-state index in [9.17, 15) is 16.8 Å². The summed E-state index contributed by atoms with van der Waals surface area (Å²) in [6.45, 7) is 4.28. The molecule has 22 heavy (non-hydrogen) atoms. The lowest BCUT2D eigenvalue weighted by molar-refractivity contribution is 0.102. The molecule has 0 spiro atoms. The van der Waals surface area contributed by atoms with Gasteiger partial charge in [0.2, 0.25) is 0 Å². The van der Waals surface area contributed by atoms with Gasteiger partial charge in [0.1, 0.15) is 0 Å². The molecule has 4 atom stereocenters. The van der Waals surface area contributed by atoms with E-state index >= 15 is 0 Å². The summed E-state index contributed by atoms with van der Waals surface area (Å²) in [5.74, 6) is 0.509. The first-order valence-electron chi connectivity index (χ1n) is 7.35. The van der Waals surface area contributed by atoms with Gasteiger partial charge in [-0.15, -0.1) is 0 Å². The Kier molecular flexibility index (Phi) is 5.06. The van der Waals surface area contributed by atoms with Crippen LogP contribution in [0.2, 0.25) is 0 Å². The average molecular weight is 352 g/mol. The van der Waals surface area contributed by atoms with E-state index in [0.717, 1.165) is 25.4 Å². The van der Waals surface area contributed by atoms with Gasteiger partial charge in [-0.3, -0.25) is 8.37 Å². The molecule has 2 bridgehead atoms. The second-order valence-electron chi connectivity index (χ2n) is 6.55. The molecule has 2 fully saturated rings. The third-order valence-corrected chi connectivity index (χ3v) is 5.83. The van der Waals surface area contributed by atoms with Crippen LogP contribution in [0.3, 0.4) is 0 Å². The molecule has 0 aromatic heterocycles. The third-order valence-electron chi connectivity index (χ3n) is 4.70. The summed E-state index contributed by atoms with van der Waals surface area (Å²) in [6.07, 6.45) is 4.06. The fourth-order valence-corrected chi connectivity index (χ4v) is 4.87. The maximum Gasteiger partial charge on any atom is 0.264 e. The Morgan fingerprint density at radius 3 is 1.55 bits per heavy atom. The zero-order valence-electron chi connectivity index (χ0n) is 13.4. The van der Waals surface area contributed by atoms with Gasteiger partial charge in [0.05, 0.1) is 25.7 Å². The Bertz CT molecular complexity index is 605. The van der Waals surface area contributed by atoms with E-state index in [1.165, 1.54) is 11.1 Å². The molecule has 0 aromatic carbocycles. The van der Waals surface area contributed by atoms with E-state index in [-0.39, 0.29) is 36.9 Å². The smallest absolute Gasteiger partial charge is 0.264 e. The first kappa shape index (κ1) is 17.9. The van der Waals surface area contributed by atoms with Crippen molar-refractivity contribution < 1.29 is 25.2 Å². The first-order valence-corrected chi connectivity index (χ1v) is 11.0. The molecule has 8 heteroatoms. The molecule has 0 radical (unpaired) electrons. The van der Waals surface area contributed by atoms with Crippen molar-refractivity contribution in [2.45, 2.75) is 26.7 Å². The number of allylic oxidation sites excluding steroid dienone is 2. The summed E-state index contributed by atoms with van der Waals surface area (Å²) in [6, 6.07) is 0. The van der Waals surface area contributed by atoms with Crippen LogP contribution in [0.5, 0.6) is 0 Å². The number of hydrogen-bond donors (Lipinski definition) is 0. The van der Waals surface area contributed by atoms with Gasteiger partial charge in [-0.2, -0.15) is 16.8 Å². The molecule has 2 saturated carbocycles. The maximum atomic E-state index is 11.3. The van der Waals surface area contributed by atoms with Gasteiger partial charge < -0.3 is 0 Å². The highest BCUT2D eigenvalue weighted by Crippen LogP contribution is 2.57. The zero-order chi connectivity index (χ0) is 16.7. The quantitative estimate of drug-likeness (QED) is 0.532. The van der Waals surface area contributed by atoms with E-state index in [1.54, 1.807) is 0 Å². The van der Waals surface area contributed by atoms with Crippen molar-refractivity contribution in [2.24, 2.45) is 23.7 Å². The summed E-state index contributed by atoms with van der Waals surface area (Å²) >= 11 is 0. The SMILES string of the molecule is CC(C)=C1[C@H]2CC[C@H]1[C@@H](COS(C)(=O)=O)[C@H]2COS(C)(=O)=O. The summed E-state index contributed by atoms with van der Waals surface area (Å²) in [7, 11) is -7.02. The molecule has 2 aliphatic rings. The predicted molar refractivity (Wildman–Crippen MR) is 83.2 cm³/mol. The van der Waals surface area contributed by atoms with Gasteiger partial charge in [0.25, 0.3) is 20.2 Å². The molecule has 0 N–H and O–H groups in total. The highest BCUT2D eigenvalue weighted by atomic mass is 32.2.